The first-order chi connectivity index (χ1) is 16.7. The number of nitrogens with one attached hydrogen (secondary N) is 1. The van der Waals surface area contributed by atoms with Crippen LogP contribution < -0.4 is 5.32 Å². The van der Waals surface area contributed by atoms with Gasteiger partial charge in [0.05, 0.1) is 29.4 Å². The zero-order chi connectivity index (χ0) is 24.5. The van der Waals surface area contributed by atoms with Crippen molar-refractivity contribution in [3.05, 3.63) is 58.4 Å². The molecular weight excluding hydrogens is 532 g/mol. The number of hydrogen-bond acceptors (Lipinski definition) is 4. The smallest absolute Gasteiger partial charge is 0.230 e. The van der Waals surface area contributed by atoms with Crippen molar-refractivity contribution in [3.8, 4) is 0 Å². The van der Waals surface area contributed by atoms with Gasteiger partial charge in [0.15, 0.2) is 17.5 Å². The predicted molar refractivity (Wildman–Crippen MR) is 119 cm³/mol. The second-order valence-electron chi connectivity index (χ2n) is 10.3. The molecule has 7 rings (SSSR count). The Bertz CT molecular complexity index is 1330. The Kier molecular flexibility index (Phi) is 5.10. The van der Waals surface area contributed by atoms with E-state index in [9.17, 15) is 22.4 Å². The van der Waals surface area contributed by atoms with Crippen molar-refractivity contribution in [2.24, 2.45) is 17.3 Å². The van der Waals surface area contributed by atoms with E-state index in [1.807, 2.05) is 4.68 Å². The SMILES string of the molecule is O=C(Nc1cnn(Cc2c(F)cc(F)c(F)c2F)c1)C12CC3CC(C1)CC(n1cnc(Br)n1)(C3)C2. The number of aromatic nitrogens is 5. The standard InChI is InChI=1S/C23H21BrF4N6O/c24-21-29-11-34(32-21)23-5-12-1-13(6-23)4-22(3-12,10-23)20(35)31-14-7-30-33(8-14)9-15-16(25)2-17(26)19(28)18(15)27/h2,7-8,11-13H,1,3-6,9-10H2,(H,31,35). The van der Waals surface area contributed by atoms with E-state index in [0.29, 0.717) is 34.7 Å². The molecule has 184 valence electrons. The first-order valence-electron chi connectivity index (χ1n) is 11.4. The van der Waals surface area contributed by atoms with Crippen LogP contribution in [0.1, 0.15) is 44.1 Å². The van der Waals surface area contributed by atoms with Crippen LogP contribution in [0.25, 0.3) is 0 Å². The molecule has 1 aromatic carbocycles. The van der Waals surface area contributed by atoms with Crippen LogP contribution in [0.3, 0.4) is 0 Å². The molecule has 2 aromatic heterocycles. The molecule has 2 unspecified atom stereocenters. The number of halogens is 5. The van der Waals surface area contributed by atoms with Crippen molar-refractivity contribution in [1.29, 1.82) is 0 Å². The number of hydrogen-bond donors (Lipinski definition) is 1. The maximum atomic E-state index is 14.0. The van der Waals surface area contributed by atoms with Crippen molar-refractivity contribution < 1.29 is 22.4 Å². The molecule has 4 aliphatic rings. The Balaban J connectivity index is 1.22. The Labute approximate surface area is 206 Å². The van der Waals surface area contributed by atoms with Gasteiger partial charge in [0.2, 0.25) is 10.6 Å². The van der Waals surface area contributed by atoms with E-state index < -0.39 is 40.8 Å². The van der Waals surface area contributed by atoms with Crippen LogP contribution in [-0.4, -0.2) is 30.5 Å². The van der Waals surface area contributed by atoms with E-state index in [-0.39, 0.29) is 11.4 Å². The molecule has 2 atom stereocenters. The minimum atomic E-state index is -1.74. The molecule has 12 heteroatoms. The predicted octanol–water partition coefficient (Wildman–Crippen LogP) is 4.78. The highest BCUT2D eigenvalue weighted by Crippen LogP contribution is 2.64. The van der Waals surface area contributed by atoms with Crippen molar-refractivity contribution in [2.75, 3.05) is 5.32 Å². The average molecular weight is 553 g/mol. The minimum Gasteiger partial charge on any atom is -0.323 e. The molecule has 3 aromatic rings. The van der Waals surface area contributed by atoms with Gasteiger partial charge in [0.25, 0.3) is 0 Å². The van der Waals surface area contributed by atoms with Gasteiger partial charge in [-0.2, -0.15) is 5.10 Å². The van der Waals surface area contributed by atoms with E-state index in [4.69, 9.17) is 0 Å². The number of anilines is 1. The van der Waals surface area contributed by atoms with Gasteiger partial charge in [-0.05, 0) is 66.3 Å². The van der Waals surface area contributed by atoms with E-state index in [1.165, 1.54) is 17.1 Å². The molecule has 4 bridgehead atoms. The Morgan fingerprint density at radius 2 is 1.86 bits per heavy atom. The molecule has 4 aliphatic carbocycles. The fourth-order valence-electron chi connectivity index (χ4n) is 6.91. The Morgan fingerprint density at radius 3 is 2.54 bits per heavy atom. The van der Waals surface area contributed by atoms with Crippen LogP contribution in [0.15, 0.2) is 29.5 Å². The minimum absolute atomic E-state index is 0.111. The maximum Gasteiger partial charge on any atom is 0.230 e. The van der Waals surface area contributed by atoms with Crippen molar-refractivity contribution in [1.82, 2.24) is 24.5 Å². The third kappa shape index (κ3) is 3.68. The summed E-state index contributed by atoms with van der Waals surface area (Å²) in [6.45, 7) is -0.454. The number of rotatable bonds is 5. The van der Waals surface area contributed by atoms with Crippen LogP contribution in [0, 0.1) is 40.5 Å². The number of carbonyl (C=O) groups is 1. The molecule has 4 fully saturated rings. The molecule has 35 heavy (non-hydrogen) atoms. The summed E-state index contributed by atoms with van der Waals surface area (Å²) in [7, 11) is 0. The van der Waals surface area contributed by atoms with Gasteiger partial charge in [-0.15, -0.1) is 5.10 Å². The summed E-state index contributed by atoms with van der Waals surface area (Å²) in [5.74, 6) is -5.40. The van der Waals surface area contributed by atoms with Crippen molar-refractivity contribution in [2.45, 2.75) is 50.6 Å². The van der Waals surface area contributed by atoms with E-state index >= 15 is 0 Å². The largest absolute Gasteiger partial charge is 0.323 e. The summed E-state index contributed by atoms with van der Waals surface area (Å²) in [6, 6.07) is 0.302. The van der Waals surface area contributed by atoms with E-state index in [0.717, 1.165) is 32.1 Å². The zero-order valence-electron chi connectivity index (χ0n) is 18.4. The molecule has 0 saturated heterocycles. The highest BCUT2D eigenvalue weighted by atomic mass is 79.9. The number of nitrogens with zero attached hydrogens (tertiary/aromatic N) is 5. The lowest BCUT2D eigenvalue weighted by Crippen LogP contribution is -2.60. The maximum absolute atomic E-state index is 14.0. The molecule has 7 nitrogen and oxygen atoms in total. The quantitative estimate of drug-likeness (QED) is 0.281. The molecule has 0 radical (unpaired) electrons. The van der Waals surface area contributed by atoms with Crippen molar-refractivity contribution in [3.63, 3.8) is 0 Å². The molecule has 4 saturated carbocycles. The summed E-state index contributed by atoms with van der Waals surface area (Å²) in [4.78, 5) is 17.8. The zero-order valence-corrected chi connectivity index (χ0v) is 20.0. The lowest BCUT2D eigenvalue weighted by atomic mass is 9.46. The summed E-state index contributed by atoms with van der Waals surface area (Å²) in [5, 5.41) is 11.5. The number of benzene rings is 1. The molecule has 1 N–H and O–H groups in total. The number of amides is 1. The lowest BCUT2D eigenvalue weighted by molar-refractivity contribution is -0.150. The Hall–Kier alpha value is -2.76. The summed E-state index contributed by atoms with van der Waals surface area (Å²) in [6.07, 6.45) is 9.82. The molecule has 0 aliphatic heterocycles. The van der Waals surface area contributed by atoms with Crippen LogP contribution >= 0.6 is 15.9 Å². The average Bonchev–Trinajstić information content (AvgIpc) is 3.43. The highest BCUT2D eigenvalue weighted by molar-refractivity contribution is 9.10. The van der Waals surface area contributed by atoms with Gasteiger partial charge in [0, 0.05) is 17.8 Å². The van der Waals surface area contributed by atoms with E-state index in [2.05, 4.69) is 36.4 Å². The van der Waals surface area contributed by atoms with E-state index in [1.54, 1.807) is 6.33 Å². The van der Waals surface area contributed by atoms with Gasteiger partial charge < -0.3 is 5.32 Å². The molecule has 0 spiro atoms. The molecule has 1 amide bonds. The Morgan fingerprint density at radius 1 is 1.11 bits per heavy atom. The first kappa shape index (κ1) is 22.7. The van der Waals surface area contributed by atoms with Crippen LogP contribution in [0.4, 0.5) is 23.2 Å². The number of carbonyl (C=O) groups excluding carboxylic acids is 1. The normalized spacial score (nSPS) is 29.1. The van der Waals surface area contributed by atoms with Crippen molar-refractivity contribution >= 4 is 27.5 Å². The topological polar surface area (TPSA) is 77.6 Å². The second kappa shape index (κ2) is 7.87. The third-order valence-electron chi connectivity index (χ3n) is 7.88. The first-order valence-corrected chi connectivity index (χ1v) is 12.2. The van der Waals surface area contributed by atoms with Crippen LogP contribution in [-0.2, 0) is 16.9 Å². The van der Waals surface area contributed by atoms with Gasteiger partial charge in [-0.1, -0.05) is 0 Å². The van der Waals surface area contributed by atoms with Gasteiger partial charge in [-0.25, -0.2) is 27.2 Å². The fraction of sp³-hybridized carbons (Fsp3) is 0.478. The summed E-state index contributed by atoms with van der Waals surface area (Å²) < 4.78 is 58.4. The fourth-order valence-corrected chi connectivity index (χ4v) is 7.17. The van der Waals surface area contributed by atoms with Gasteiger partial charge in [-0.3, -0.25) is 9.48 Å². The highest BCUT2D eigenvalue weighted by Gasteiger charge is 2.61. The van der Waals surface area contributed by atoms with Gasteiger partial charge in [0.1, 0.15) is 12.1 Å². The molecule has 2 heterocycles. The van der Waals surface area contributed by atoms with Crippen LogP contribution in [0.5, 0.6) is 0 Å². The molecular formula is C23H21BrF4N6O. The third-order valence-corrected chi connectivity index (χ3v) is 8.25. The lowest BCUT2D eigenvalue weighted by Gasteiger charge is -2.60. The summed E-state index contributed by atoms with van der Waals surface area (Å²) in [5.41, 5.74) is -1.08. The summed E-state index contributed by atoms with van der Waals surface area (Å²) >= 11 is 3.32. The van der Waals surface area contributed by atoms with Gasteiger partial charge >= 0.3 is 0 Å². The van der Waals surface area contributed by atoms with Crippen LogP contribution in [0.2, 0.25) is 0 Å². The monoisotopic (exact) mass is 552 g/mol. The second-order valence-corrected chi connectivity index (χ2v) is 11.0.